The summed E-state index contributed by atoms with van der Waals surface area (Å²) in [5.74, 6) is 0.823. The zero-order valence-electron chi connectivity index (χ0n) is 14.2. The third-order valence-electron chi connectivity index (χ3n) is 4.54. The molecule has 25 heavy (non-hydrogen) atoms. The first-order valence-corrected chi connectivity index (χ1v) is 8.83. The summed E-state index contributed by atoms with van der Waals surface area (Å²) in [6.45, 7) is 0.641. The van der Waals surface area contributed by atoms with Gasteiger partial charge >= 0.3 is 0 Å². The molecular weight excluding hydrogens is 319 g/mol. The van der Waals surface area contributed by atoms with E-state index in [4.69, 9.17) is 4.74 Å². The minimum Gasteiger partial charge on any atom is -0.489 e. The quantitative estimate of drug-likeness (QED) is 0.848. The van der Waals surface area contributed by atoms with E-state index in [0.29, 0.717) is 29.7 Å². The average molecular weight is 342 g/mol. The predicted octanol–water partition coefficient (Wildman–Crippen LogP) is 4.36. The Bertz CT molecular complexity index is 714. The first kappa shape index (κ1) is 17.4. The fourth-order valence-electron chi connectivity index (χ4n) is 3.15. The summed E-state index contributed by atoms with van der Waals surface area (Å²) in [6.07, 6.45) is 7.77. The minimum atomic E-state index is -0.382. The molecule has 0 bridgehead atoms. The summed E-state index contributed by atoms with van der Waals surface area (Å²) in [5.41, 5.74) is 0.362. The fourth-order valence-corrected chi connectivity index (χ4v) is 3.15. The molecule has 1 N–H and O–H groups in total. The van der Waals surface area contributed by atoms with Gasteiger partial charge in [0.1, 0.15) is 5.82 Å². The van der Waals surface area contributed by atoms with Crippen LogP contribution in [0.25, 0.3) is 0 Å². The number of amides is 1. The van der Waals surface area contributed by atoms with Crippen molar-refractivity contribution in [1.29, 1.82) is 0 Å². The lowest BCUT2D eigenvalue weighted by Gasteiger charge is -2.22. The molecule has 1 amide bonds. The topological polar surface area (TPSA) is 51.2 Å². The number of carbonyl (C=O) groups is 1. The van der Waals surface area contributed by atoms with Gasteiger partial charge in [-0.2, -0.15) is 0 Å². The third kappa shape index (κ3) is 5.02. The van der Waals surface area contributed by atoms with Crippen LogP contribution in [0.5, 0.6) is 5.75 Å². The summed E-state index contributed by atoms with van der Waals surface area (Å²) >= 11 is 0. The van der Waals surface area contributed by atoms with E-state index in [1.54, 1.807) is 36.5 Å². The van der Waals surface area contributed by atoms with Gasteiger partial charge in [-0.3, -0.25) is 4.79 Å². The Hall–Kier alpha value is -2.43. The number of rotatable bonds is 6. The van der Waals surface area contributed by atoms with Crippen molar-refractivity contribution >= 4 is 11.7 Å². The molecule has 1 saturated carbocycles. The van der Waals surface area contributed by atoms with Crippen LogP contribution in [-0.4, -0.2) is 17.5 Å². The summed E-state index contributed by atoms with van der Waals surface area (Å²) in [5, 5.41) is 2.73. The van der Waals surface area contributed by atoms with Crippen molar-refractivity contribution in [2.75, 3.05) is 11.9 Å². The van der Waals surface area contributed by atoms with Gasteiger partial charge in [-0.25, -0.2) is 9.37 Å². The molecule has 3 rings (SSSR count). The van der Waals surface area contributed by atoms with Crippen molar-refractivity contribution in [1.82, 2.24) is 4.98 Å². The number of hydrogen-bond acceptors (Lipinski definition) is 3. The molecule has 1 fully saturated rings. The normalized spacial score (nSPS) is 14.9. The third-order valence-corrected chi connectivity index (χ3v) is 4.54. The molecule has 0 atom stereocenters. The van der Waals surface area contributed by atoms with E-state index in [9.17, 15) is 9.18 Å². The number of ether oxygens (including phenoxy) is 1. The number of aromatic nitrogens is 1. The van der Waals surface area contributed by atoms with Gasteiger partial charge in [-0.05, 0) is 42.5 Å². The lowest BCUT2D eigenvalue weighted by atomic mass is 9.90. The van der Waals surface area contributed by atoms with Crippen LogP contribution in [0.4, 0.5) is 10.2 Å². The van der Waals surface area contributed by atoms with Gasteiger partial charge in [0.15, 0.2) is 11.6 Å². The number of halogens is 1. The Morgan fingerprint density at radius 1 is 1.16 bits per heavy atom. The first-order valence-electron chi connectivity index (χ1n) is 8.83. The number of pyridine rings is 1. The van der Waals surface area contributed by atoms with Crippen LogP contribution < -0.4 is 10.1 Å². The lowest BCUT2D eigenvalue weighted by molar-refractivity contribution is -0.115. The molecule has 5 heteroatoms. The van der Waals surface area contributed by atoms with Crippen LogP contribution in [0, 0.1) is 11.7 Å². The highest BCUT2D eigenvalue weighted by atomic mass is 19.1. The summed E-state index contributed by atoms with van der Waals surface area (Å²) in [4.78, 5) is 16.4. The molecule has 0 aliphatic heterocycles. The molecule has 1 aromatic carbocycles. The van der Waals surface area contributed by atoms with Crippen LogP contribution in [0.1, 0.15) is 37.7 Å². The second-order valence-corrected chi connectivity index (χ2v) is 6.48. The van der Waals surface area contributed by atoms with Crippen LogP contribution in [0.15, 0.2) is 42.6 Å². The minimum absolute atomic E-state index is 0.0364. The van der Waals surface area contributed by atoms with Gasteiger partial charge in [-0.1, -0.05) is 37.5 Å². The number of anilines is 1. The van der Waals surface area contributed by atoms with Crippen molar-refractivity contribution < 1.29 is 13.9 Å². The lowest BCUT2D eigenvalue weighted by Crippen LogP contribution is -2.19. The Balaban J connectivity index is 1.60. The molecule has 0 unspecified atom stereocenters. The van der Waals surface area contributed by atoms with Crippen molar-refractivity contribution in [3.05, 3.63) is 54.0 Å². The van der Waals surface area contributed by atoms with Crippen molar-refractivity contribution in [3.63, 3.8) is 0 Å². The standard InChI is InChI=1S/C20H23FN2O2/c21-17-10-5-4-9-16(17)13-19(24)23-20-18(11-6-12-22-20)25-14-15-7-2-1-3-8-15/h4-6,9-12,15H,1-3,7-8,13-14H2,(H,22,23,24). The van der Waals surface area contributed by atoms with Crippen LogP contribution in [-0.2, 0) is 11.2 Å². The maximum atomic E-state index is 13.7. The predicted molar refractivity (Wildman–Crippen MR) is 95.0 cm³/mol. The summed E-state index contributed by atoms with van der Waals surface area (Å²) < 4.78 is 19.6. The highest BCUT2D eigenvalue weighted by Gasteiger charge is 2.16. The molecule has 0 radical (unpaired) electrons. The molecule has 1 aromatic heterocycles. The van der Waals surface area contributed by atoms with Gasteiger partial charge in [0.05, 0.1) is 13.0 Å². The smallest absolute Gasteiger partial charge is 0.230 e. The molecular formula is C20H23FN2O2. The molecule has 2 aromatic rings. The Morgan fingerprint density at radius 3 is 2.76 bits per heavy atom. The van der Waals surface area contributed by atoms with Crippen LogP contribution in [0.2, 0.25) is 0 Å². The summed E-state index contributed by atoms with van der Waals surface area (Å²) in [7, 11) is 0. The average Bonchev–Trinajstić information content (AvgIpc) is 2.64. The van der Waals surface area contributed by atoms with Crippen molar-refractivity contribution in [2.45, 2.75) is 38.5 Å². The Kier molecular flexibility index (Phi) is 5.99. The molecule has 1 heterocycles. The second-order valence-electron chi connectivity index (χ2n) is 6.48. The molecule has 1 aliphatic carbocycles. The molecule has 0 spiro atoms. The highest BCUT2D eigenvalue weighted by molar-refractivity contribution is 5.92. The number of benzene rings is 1. The Labute approximate surface area is 147 Å². The molecule has 4 nitrogen and oxygen atoms in total. The number of nitrogens with zero attached hydrogens (tertiary/aromatic N) is 1. The van der Waals surface area contributed by atoms with E-state index in [0.717, 1.165) is 0 Å². The maximum absolute atomic E-state index is 13.7. The molecule has 0 saturated heterocycles. The molecule has 1 aliphatic rings. The van der Waals surface area contributed by atoms with Crippen LogP contribution >= 0.6 is 0 Å². The number of hydrogen-bond donors (Lipinski definition) is 1. The van der Waals surface area contributed by atoms with Crippen molar-refractivity contribution in [2.24, 2.45) is 5.92 Å². The first-order chi connectivity index (χ1) is 12.2. The largest absolute Gasteiger partial charge is 0.489 e. The van der Waals surface area contributed by atoms with E-state index in [1.807, 2.05) is 0 Å². The maximum Gasteiger partial charge on any atom is 0.230 e. The highest BCUT2D eigenvalue weighted by Crippen LogP contribution is 2.27. The van der Waals surface area contributed by atoms with Crippen LogP contribution in [0.3, 0.4) is 0 Å². The Morgan fingerprint density at radius 2 is 1.96 bits per heavy atom. The fraction of sp³-hybridized carbons (Fsp3) is 0.400. The SMILES string of the molecule is O=C(Cc1ccccc1F)Nc1ncccc1OCC1CCCCC1. The van der Waals surface area contributed by atoms with E-state index in [1.165, 1.54) is 38.2 Å². The summed E-state index contributed by atoms with van der Waals surface area (Å²) in [6, 6.07) is 9.85. The van der Waals surface area contributed by atoms with Gasteiger partial charge < -0.3 is 10.1 Å². The van der Waals surface area contributed by atoms with Gasteiger partial charge in [0.2, 0.25) is 5.91 Å². The van der Waals surface area contributed by atoms with Gasteiger partial charge in [-0.15, -0.1) is 0 Å². The zero-order valence-corrected chi connectivity index (χ0v) is 14.2. The zero-order chi connectivity index (χ0) is 17.5. The number of carbonyl (C=O) groups excluding carboxylic acids is 1. The second kappa shape index (κ2) is 8.60. The van der Waals surface area contributed by atoms with E-state index in [2.05, 4.69) is 10.3 Å². The molecule has 132 valence electrons. The van der Waals surface area contributed by atoms with E-state index in [-0.39, 0.29) is 18.1 Å². The van der Waals surface area contributed by atoms with Gasteiger partial charge in [0.25, 0.3) is 0 Å². The van der Waals surface area contributed by atoms with Gasteiger partial charge in [0, 0.05) is 6.20 Å². The van der Waals surface area contributed by atoms with E-state index >= 15 is 0 Å². The van der Waals surface area contributed by atoms with Crippen molar-refractivity contribution in [3.8, 4) is 5.75 Å². The van der Waals surface area contributed by atoms with E-state index < -0.39 is 0 Å². The monoisotopic (exact) mass is 342 g/mol. The number of nitrogens with one attached hydrogen (secondary N) is 1.